The van der Waals surface area contributed by atoms with Crippen molar-refractivity contribution in [3.8, 4) is 0 Å². The highest BCUT2D eigenvalue weighted by Crippen LogP contribution is 2.38. The van der Waals surface area contributed by atoms with Crippen molar-refractivity contribution in [2.24, 2.45) is 28.3 Å². The second kappa shape index (κ2) is 5.17. The number of rotatable bonds is 3. The molecule has 1 fully saturated rings. The average molecular weight is 239 g/mol. The summed E-state index contributed by atoms with van der Waals surface area (Å²) < 4.78 is 12.3. The van der Waals surface area contributed by atoms with Gasteiger partial charge in [0.05, 0.1) is 6.67 Å². The third-order valence-electron chi connectivity index (χ3n) is 4.24. The van der Waals surface area contributed by atoms with Gasteiger partial charge in [-0.25, -0.2) is 4.99 Å². The Morgan fingerprint density at radius 1 is 1.35 bits per heavy atom. The maximum absolute atomic E-state index is 12.3. The second-order valence-corrected chi connectivity index (χ2v) is 5.42. The maximum atomic E-state index is 12.3. The average Bonchev–Trinajstić information content (AvgIpc) is 2.30. The van der Waals surface area contributed by atoms with Gasteiger partial charge in [0, 0.05) is 18.2 Å². The van der Waals surface area contributed by atoms with Crippen LogP contribution >= 0.6 is 0 Å². The fourth-order valence-electron chi connectivity index (χ4n) is 3.11. The van der Waals surface area contributed by atoms with Crippen LogP contribution in [0.25, 0.3) is 0 Å². The van der Waals surface area contributed by atoms with Gasteiger partial charge in [-0.2, -0.15) is 0 Å². The lowest BCUT2D eigenvalue weighted by atomic mass is 9.69. The molecule has 96 valence electrons. The van der Waals surface area contributed by atoms with Crippen molar-refractivity contribution < 1.29 is 4.39 Å². The monoisotopic (exact) mass is 239 g/mol. The van der Waals surface area contributed by atoms with Gasteiger partial charge in [-0.15, -0.1) is 0 Å². The zero-order chi connectivity index (χ0) is 12.3. The number of hydrogen-bond acceptors (Lipinski definition) is 3. The molecule has 0 bridgehead atoms. The number of hydrogen-bond donors (Lipinski definition) is 2. The van der Waals surface area contributed by atoms with Crippen LogP contribution in [-0.2, 0) is 0 Å². The Hall–Kier alpha value is -0.900. The first-order chi connectivity index (χ1) is 8.14. The Kier molecular flexibility index (Phi) is 3.82. The van der Waals surface area contributed by atoms with Gasteiger partial charge in [0.1, 0.15) is 5.84 Å². The fraction of sp³-hybridized carbons (Fsp3) is 0.769. The number of nitrogens with zero attached hydrogens (tertiary/aromatic N) is 1. The third kappa shape index (κ3) is 2.86. The van der Waals surface area contributed by atoms with Crippen molar-refractivity contribution in [3.05, 3.63) is 12.3 Å². The summed E-state index contributed by atoms with van der Waals surface area (Å²) in [6.45, 7) is -0.192. The van der Waals surface area contributed by atoms with Gasteiger partial charge in [0.15, 0.2) is 0 Å². The first-order valence-corrected chi connectivity index (χ1v) is 6.49. The molecule has 4 N–H and O–H groups in total. The lowest BCUT2D eigenvalue weighted by Gasteiger charge is -2.40. The summed E-state index contributed by atoms with van der Waals surface area (Å²) in [6.07, 6.45) is 9.44. The summed E-state index contributed by atoms with van der Waals surface area (Å²) in [7, 11) is 0. The van der Waals surface area contributed by atoms with E-state index < -0.39 is 0 Å². The van der Waals surface area contributed by atoms with Gasteiger partial charge in [-0.1, -0.05) is 12.8 Å². The van der Waals surface area contributed by atoms with E-state index in [4.69, 9.17) is 11.5 Å². The van der Waals surface area contributed by atoms with E-state index in [1.807, 2.05) is 6.08 Å². The summed E-state index contributed by atoms with van der Waals surface area (Å²) in [5.74, 6) is 1.64. The van der Waals surface area contributed by atoms with E-state index in [0.29, 0.717) is 30.5 Å². The fourth-order valence-corrected chi connectivity index (χ4v) is 3.11. The molecular formula is C13H22FN3. The molecule has 2 rings (SSSR count). The molecular weight excluding hydrogens is 217 g/mol. The number of nitrogens with two attached hydrogens (primary N) is 2. The second-order valence-electron chi connectivity index (χ2n) is 5.42. The Balaban J connectivity index is 1.92. The van der Waals surface area contributed by atoms with E-state index in [2.05, 4.69) is 4.99 Å². The molecule has 1 aliphatic carbocycles. The van der Waals surface area contributed by atoms with E-state index in [0.717, 1.165) is 25.7 Å². The number of aliphatic imine (C=N–C) groups is 1. The van der Waals surface area contributed by atoms with Gasteiger partial charge < -0.3 is 11.5 Å². The molecule has 0 spiro atoms. The normalized spacial score (nSPS) is 37.9. The number of amidine groups is 1. The zero-order valence-electron chi connectivity index (χ0n) is 10.2. The quantitative estimate of drug-likeness (QED) is 0.792. The highest BCUT2D eigenvalue weighted by atomic mass is 19.1. The van der Waals surface area contributed by atoms with Gasteiger partial charge in [0.25, 0.3) is 0 Å². The van der Waals surface area contributed by atoms with Gasteiger partial charge >= 0.3 is 0 Å². The summed E-state index contributed by atoms with van der Waals surface area (Å²) in [5.41, 5.74) is 11.9. The van der Waals surface area contributed by atoms with Gasteiger partial charge in [-0.3, -0.25) is 4.39 Å². The summed E-state index contributed by atoms with van der Waals surface area (Å²) >= 11 is 0. The highest BCUT2D eigenvalue weighted by molar-refractivity contribution is 5.83. The smallest absolute Gasteiger partial charge is 0.101 e. The predicted molar refractivity (Wildman–Crippen MR) is 68.3 cm³/mol. The number of alkyl halides is 1. The lowest BCUT2D eigenvalue weighted by Crippen LogP contribution is -2.50. The predicted octanol–water partition coefficient (Wildman–Crippen LogP) is 2.12. The molecule has 0 aromatic rings. The van der Waals surface area contributed by atoms with Gasteiger partial charge in [-0.05, 0) is 37.2 Å². The molecule has 1 unspecified atom stereocenters. The Morgan fingerprint density at radius 3 is 2.65 bits per heavy atom. The van der Waals surface area contributed by atoms with Crippen LogP contribution in [0.1, 0.15) is 38.5 Å². The minimum Gasteiger partial charge on any atom is -0.387 e. The Morgan fingerprint density at radius 2 is 2.06 bits per heavy atom. The van der Waals surface area contributed by atoms with E-state index in [-0.39, 0.29) is 12.2 Å². The molecule has 1 saturated carbocycles. The van der Waals surface area contributed by atoms with Crippen molar-refractivity contribution in [2.75, 3.05) is 6.67 Å². The van der Waals surface area contributed by atoms with Crippen molar-refractivity contribution in [2.45, 2.75) is 44.1 Å². The molecule has 1 heterocycles. The standard InChI is InChI=1S/C13H22FN3/c14-7-5-10-1-3-11(4-2-10)13(16)6-8-17-12(15)9-13/h6,8,10-11H,1-5,7,9,16H2,(H2,15,17). The summed E-state index contributed by atoms with van der Waals surface area (Å²) in [4.78, 5) is 4.05. The number of halogens is 1. The minimum absolute atomic E-state index is 0.192. The molecule has 1 aliphatic heterocycles. The molecule has 2 aliphatic rings. The van der Waals surface area contributed by atoms with Crippen molar-refractivity contribution in [1.82, 2.24) is 0 Å². The van der Waals surface area contributed by atoms with Crippen molar-refractivity contribution >= 4 is 5.84 Å². The topological polar surface area (TPSA) is 64.4 Å². The third-order valence-corrected chi connectivity index (χ3v) is 4.24. The van der Waals surface area contributed by atoms with Crippen LogP contribution in [0.3, 0.4) is 0 Å². The molecule has 17 heavy (non-hydrogen) atoms. The first-order valence-electron chi connectivity index (χ1n) is 6.49. The summed E-state index contributed by atoms with van der Waals surface area (Å²) in [6, 6.07) is 0. The molecule has 0 saturated heterocycles. The van der Waals surface area contributed by atoms with E-state index in [1.165, 1.54) is 0 Å². The Bertz CT molecular complexity index is 319. The van der Waals surface area contributed by atoms with Crippen molar-refractivity contribution in [1.29, 1.82) is 0 Å². The van der Waals surface area contributed by atoms with Gasteiger partial charge in [0.2, 0.25) is 0 Å². The first kappa shape index (κ1) is 12.6. The molecule has 4 heteroatoms. The maximum Gasteiger partial charge on any atom is 0.101 e. The van der Waals surface area contributed by atoms with Crippen LogP contribution in [0.4, 0.5) is 4.39 Å². The molecule has 1 atom stereocenters. The molecule has 0 aromatic heterocycles. The zero-order valence-corrected chi connectivity index (χ0v) is 10.2. The lowest BCUT2D eigenvalue weighted by molar-refractivity contribution is 0.193. The molecule has 0 aromatic carbocycles. The van der Waals surface area contributed by atoms with E-state index in [9.17, 15) is 4.39 Å². The van der Waals surface area contributed by atoms with Crippen LogP contribution in [0, 0.1) is 11.8 Å². The minimum atomic E-state index is -0.327. The van der Waals surface area contributed by atoms with Crippen molar-refractivity contribution in [3.63, 3.8) is 0 Å². The largest absolute Gasteiger partial charge is 0.387 e. The van der Waals surface area contributed by atoms with Crippen LogP contribution in [0.2, 0.25) is 0 Å². The molecule has 0 amide bonds. The SMILES string of the molecule is NC1=NC=CC(N)(C2CCC(CCF)CC2)C1. The highest BCUT2D eigenvalue weighted by Gasteiger charge is 2.37. The van der Waals surface area contributed by atoms with E-state index in [1.54, 1.807) is 6.20 Å². The molecule has 3 nitrogen and oxygen atoms in total. The molecule has 0 radical (unpaired) electrons. The van der Waals surface area contributed by atoms with Crippen LogP contribution in [0.5, 0.6) is 0 Å². The van der Waals surface area contributed by atoms with Crippen LogP contribution < -0.4 is 11.5 Å². The van der Waals surface area contributed by atoms with Crippen LogP contribution in [0.15, 0.2) is 17.3 Å². The Labute approximate surface area is 102 Å². The van der Waals surface area contributed by atoms with Crippen LogP contribution in [-0.4, -0.2) is 18.0 Å². The van der Waals surface area contributed by atoms with E-state index >= 15 is 0 Å². The summed E-state index contributed by atoms with van der Waals surface area (Å²) in [5, 5.41) is 0.